The number of esters is 1. The molecule has 0 aliphatic carbocycles. The van der Waals surface area contributed by atoms with E-state index < -0.39 is 0 Å². The van der Waals surface area contributed by atoms with Gasteiger partial charge in [-0.2, -0.15) is 0 Å². The zero-order valence-electron chi connectivity index (χ0n) is 16.8. The summed E-state index contributed by atoms with van der Waals surface area (Å²) in [4.78, 5) is 31.3. The number of ether oxygens (including phenoxy) is 1. The Bertz CT molecular complexity index is 1100. The zero-order valence-corrected chi connectivity index (χ0v) is 16.8. The third kappa shape index (κ3) is 3.52. The number of non-ortho nitro benzene ring substituents is 1. The fourth-order valence-corrected chi connectivity index (χ4v) is 4.05. The second kappa shape index (κ2) is 7.98. The number of methoxy groups -OCH3 is 1. The number of carbonyl (C=O) groups is 1. The topological polar surface area (TPSA) is 88.8 Å². The molecule has 0 spiro atoms. The predicted molar refractivity (Wildman–Crippen MR) is 115 cm³/mol. The molecule has 0 amide bonds. The van der Waals surface area contributed by atoms with E-state index in [-0.39, 0.29) is 22.6 Å². The Balaban J connectivity index is 1.58. The van der Waals surface area contributed by atoms with Crippen LogP contribution in [0.4, 0.5) is 17.1 Å². The molecule has 4 rings (SSSR count). The second-order valence-electron chi connectivity index (χ2n) is 7.31. The van der Waals surface area contributed by atoms with Crippen LogP contribution in [0.1, 0.15) is 17.3 Å². The monoisotopic (exact) mass is 406 g/mol. The van der Waals surface area contributed by atoms with Crippen molar-refractivity contribution in [3.63, 3.8) is 0 Å². The Morgan fingerprint density at radius 1 is 1.13 bits per heavy atom. The molecule has 0 N–H and O–H groups in total. The summed E-state index contributed by atoms with van der Waals surface area (Å²) >= 11 is 0. The molecule has 1 atom stereocenters. The Kier molecular flexibility index (Phi) is 5.22. The number of benzene rings is 2. The number of piperazine rings is 1. The lowest BCUT2D eigenvalue weighted by molar-refractivity contribution is -0.383. The first-order chi connectivity index (χ1) is 14.5. The molecule has 2 heterocycles. The fourth-order valence-electron chi connectivity index (χ4n) is 4.05. The zero-order chi connectivity index (χ0) is 21.3. The van der Waals surface area contributed by atoms with Gasteiger partial charge in [-0.25, -0.2) is 4.79 Å². The van der Waals surface area contributed by atoms with Gasteiger partial charge in [-0.15, -0.1) is 0 Å². The third-order valence-corrected chi connectivity index (χ3v) is 5.56. The summed E-state index contributed by atoms with van der Waals surface area (Å²) in [6.45, 7) is 4.51. The van der Waals surface area contributed by atoms with Gasteiger partial charge in [0.1, 0.15) is 0 Å². The highest BCUT2D eigenvalue weighted by Crippen LogP contribution is 2.35. The molecule has 0 radical (unpaired) electrons. The maximum atomic E-state index is 11.6. The number of hydrogen-bond donors (Lipinski definition) is 0. The van der Waals surface area contributed by atoms with E-state index in [0.29, 0.717) is 10.9 Å². The largest absolute Gasteiger partial charge is 0.465 e. The normalized spacial score (nSPS) is 16.5. The van der Waals surface area contributed by atoms with Crippen LogP contribution in [0.3, 0.4) is 0 Å². The van der Waals surface area contributed by atoms with Crippen LogP contribution in [0.2, 0.25) is 0 Å². The lowest BCUT2D eigenvalue weighted by atomic mass is 10.0. The molecule has 8 nitrogen and oxygen atoms in total. The quantitative estimate of drug-likeness (QED) is 0.371. The van der Waals surface area contributed by atoms with Crippen molar-refractivity contribution in [2.75, 3.05) is 36.5 Å². The first kappa shape index (κ1) is 19.6. The summed E-state index contributed by atoms with van der Waals surface area (Å²) < 4.78 is 4.75. The van der Waals surface area contributed by atoms with E-state index in [2.05, 4.69) is 21.7 Å². The number of hydrogen-bond acceptors (Lipinski definition) is 7. The van der Waals surface area contributed by atoms with E-state index in [9.17, 15) is 14.9 Å². The number of nitrogens with zero attached hydrogens (tertiary/aromatic N) is 4. The van der Waals surface area contributed by atoms with Crippen LogP contribution in [0, 0.1) is 10.1 Å². The molecule has 30 heavy (non-hydrogen) atoms. The number of rotatable bonds is 4. The highest BCUT2D eigenvalue weighted by atomic mass is 16.6. The van der Waals surface area contributed by atoms with Gasteiger partial charge in [0, 0.05) is 60.9 Å². The summed E-state index contributed by atoms with van der Waals surface area (Å²) in [6, 6.07) is 12.8. The molecule has 1 saturated heterocycles. The summed E-state index contributed by atoms with van der Waals surface area (Å²) in [5.41, 5.74) is 2.62. The summed E-state index contributed by atoms with van der Waals surface area (Å²) in [5.74, 6) is -0.348. The standard InChI is InChI=1S/C22H22N4O4/c1-15-14-24(17-5-3-16(4-6-17)22(27)30-2)11-12-25(15)20-7-8-21(26(28)29)19-13-23-10-9-18(19)20/h3-10,13,15H,11-12,14H2,1-2H3. The average molecular weight is 406 g/mol. The van der Waals surface area contributed by atoms with E-state index in [0.717, 1.165) is 36.4 Å². The van der Waals surface area contributed by atoms with E-state index in [1.54, 1.807) is 30.6 Å². The molecular weight excluding hydrogens is 384 g/mol. The number of aromatic nitrogens is 1. The molecule has 1 unspecified atom stereocenters. The minimum Gasteiger partial charge on any atom is -0.465 e. The highest BCUT2D eigenvalue weighted by Gasteiger charge is 2.27. The number of nitro groups is 1. The number of carbonyl (C=O) groups excluding carboxylic acids is 1. The van der Waals surface area contributed by atoms with Gasteiger partial charge in [-0.05, 0) is 43.3 Å². The lowest BCUT2D eigenvalue weighted by Crippen LogP contribution is -2.52. The second-order valence-corrected chi connectivity index (χ2v) is 7.31. The first-order valence-corrected chi connectivity index (χ1v) is 9.70. The molecular formula is C22H22N4O4. The van der Waals surface area contributed by atoms with Gasteiger partial charge >= 0.3 is 5.97 Å². The molecule has 2 aromatic carbocycles. The van der Waals surface area contributed by atoms with Gasteiger partial charge in [0.05, 0.1) is 23.0 Å². The van der Waals surface area contributed by atoms with E-state index in [4.69, 9.17) is 4.74 Å². The van der Waals surface area contributed by atoms with E-state index in [1.165, 1.54) is 7.11 Å². The Morgan fingerprint density at radius 2 is 1.90 bits per heavy atom. The van der Waals surface area contributed by atoms with Crippen LogP contribution in [0.25, 0.3) is 10.8 Å². The molecule has 1 aliphatic heterocycles. The van der Waals surface area contributed by atoms with Crippen molar-refractivity contribution in [1.82, 2.24) is 4.98 Å². The van der Waals surface area contributed by atoms with Crippen molar-refractivity contribution in [2.24, 2.45) is 0 Å². The first-order valence-electron chi connectivity index (χ1n) is 9.70. The van der Waals surface area contributed by atoms with Gasteiger partial charge in [-0.3, -0.25) is 15.1 Å². The third-order valence-electron chi connectivity index (χ3n) is 5.56. The van der Waals surface area contributed by atoms with Gasteiger partial charge in [0.2, 0.25) is 0 Å². The van der Waals surface area contributed by atoms with Crippen molar-refractivity contribution in [3.05, 3.63) is 70.5 Å². The van der Waals surface area contributed by atoms with Crippen LogP contribution >= 0.6 is 0 Å². The highest BCUT2D eigenvalue weighted by molar-refractivity contribution is 5.99. The average Bonchev–Trinajstić information content (AvgIpc) is 2.78. The molecule has 1 fully saturated rings. The van der Waals surface area contributed by atoms with Crippen LogP contribution in [0.15, 0.2) is 54.9 Å². The smallest absolute Gasteiger partial charge is 0.337 e. The van der Waals surface area contributed by atoms with Crippen molar-refractivity contribution in [3.8, 4) is 0 Å². The molecule has 0 saturated carbocycles. The van der Waals surface area contributed by atoms with Crippen LogP contribution in [-0.2, 0) is 4.74 Å². The predicted octanol–water partition coefficient (Wildman–Crippen LogP) is 3.64. The minimum atomic E-state index is -0.368. The van der Waals surface area contributed by atoms with Crippen molar-refractivity contribution in [1.29, 1.82) is 0 Å². The maximum Gasteiger partial charge on any atom is 0.337 e. The minimum absolute atomic E-state index is 0.0684. The summed E-state index contributed by atoms with van der Waals surface area (Å²) in [6.07, 6.45) is 3.22. The summed E-state index contributed by atoms with van der Waals surface area (Å²) in [7, 11) is 1.37. The van der Waals surface area contributed by atoms with E-state index >= 15 is 0 Å². The van der Waals surface area contributed by atoms with Gasteiger partial charge in [0.25, 0.3) is 5.69 Å². The van der Waals surface area contributed by atoms with E-state index in [1.807, 2.05) is 24.3 Å². The Hall–Kier alpha value is -3.68. The Labute approximate surface area is 173 Å². The SMILES string of the molecule is COC(=O)c1ccc(N2CCN(c3ccc([N+](=O)[O-])c4cnccc34)C(C)C2)cc1. The van der Waals surface area contributed by atoms with Crippen LogP contribution < -0.4 is 9.80 Å². The van der Waals surface area contributed by atoms with Crippen LogP contribution in [-0.4, -0.2) is 48.7 Å². The maximum absolute atomic E-state index is 11.6. The number of anilines is 2. The summed E-state index contributed by atoms with van der Waals surface area (Å²) in [5, 5.41) is 12.8. The fraction of sp³-hybridized carbons (Fsp3) is 0.273. The van der Waals surface area contributed by atoms with Crippen molar-refractivity contribution < 1.29 is 14.5 Å². The van der Waals surface area contributed by atoms with Gasteiger partial charge in [-0.1, -0.05) is 0 Å². The number of nitro benzene ring substituents is 1. The molecule has 0 bridgehead atoms. The number of pyridine rings is 1. The molecule has 1 aliphatic rings. The van der Waals surface area contributed by atoms with Crippen molar-refractivity contribution in [2.45, 2.75) is 13.0 Å². The lowest BCUT2D eigenvalue weighted by Gasteiger charge is -2.42. The molecule has 1 aromatic heterocycles. The van der Waals surface area contributed by atoms with Gasteiger partial charge in [0.15, 0.2) is 0 Å². The molecule has 8 heteroatoms. The Morgan fingerprint density at radius 3 is 2.57 bits per heavy atom. The number of fused-ring (bicyclic) bond motifs is 1. The molecule has 3 aromatic rings. The van der Waals surface area contributed by atoms with Crippen LogP contribution in [0.5, 0.6) is 0 Å². The van der Waals surface area contributed by atoms with Crippen molar-refractivity contribution >= 4 is 33.8 Å². The van der Waals surface area contributed by atoms with Gasteiger partial charge < -0.3 is 14.5 Å². The molecule has 154 valence electrons.